The first-order valence-electron chi connectivity index (χ1n) is 6.65. The summed E-state index contributed by atoms with van der Waals surface area (Å²) in [6.45, 7) is 4.07. The van der Waals surface area contributed by atoms with Gasteiger partial charge in [0.1, 0.15) is 5.82 Å². The van der Waals surface area contributed by atoms with Gasteiger partial charge in [0.25, 0.3) is 0 Å². The second kappa shape index (κ2) is 5.05. The number of nitrogens with two attached hydrogens (primary N) is 1. The molecule has 0 radical (unpaired) electrons. The zero-order valence-corrected chi connectivity index (χ0v) is 11.9. The molecule has 4 heteroatoms. The van der Waals surface area contributed by atoms with Crippen molar-refractivity contribution in [1.29, 1.82) is 0 Å². The number of halogens is 1. The fourth-order valence-corrected chi connectivity index (χ4v) is 2.31. The molecule has 0 atom stereocenters. The third-order valence-electron chi connectivity index (χ3n) is 3.60. The molecular formula is C17H15FN2O. The van der Waals surface area contributed by atoms with E-state index in [2.05, 4.69) is 5.16 Å². The Balaban J connectivity index is 2.19. The first-order valence-corrected chi connectivity index (χ1v) is 6.65. The predicted octanol–water partition coefficient (Wildman–Crippen LogP) is 4.35. The van der Waals surface area contributed by atoms with E-state index >= 15 is 0 Å². The quantitative estimate of drug-likeness (QED) is 0.760. The lowest BCUT2D eigenvalue weighted by atomic mass is 9.99. The van der Waals surface area contributed by atoms with E-state index < -0.39 is 0 Å². The number of hydrogen-bond acceptors (Lipinski definition) is 3. The molecule has 1 aromatic heterocycles. The molecule has 2 N–H and O–H groups in total. The second-order valence-corrected chi connectivity index (χ2v) is 5.08. The maximum atomic E-state index is 13.5. The van der Waals surface area contributed by atoms with Gasteiger partial charge in [0, 0.05) is 5.56 Å². The van der Waals surface area contributed by atoms with Crippen LogP contribution in [0, 0.1) is 19.7 Å². The standard InChI is InChI=1S/C17H15FN2O/c1-10-6-7-13(8-11(10)2)16-15(17(19)20-21-16)12-4-3-5-14(18)9-12/h3-9H,1-2H3,(H2,19,20). The van der Waals surface area contributed by atoms with Gasteiger partial charge in [-0.25, -0.2) is 4.39 Å². The van der Waals surface area contributed by atoms with Crippen LogP contribution in [0.25, 0.3) is 22.5 Å². The number of hydrogen-bond donors (Lipinski definition) is 1. The highest BCUT2D eigenvalue weighted by Crippen LogP contribution is 2.37. The van der Waals surface area contributed by atoms with Gasteiger partial charge < -0.3 is 10.3 Å². The molecule has 0 saturated heterocycles. The molecule has 0 aliphatic heterocycles. The first-order chi connectivity index (χ1) is 10.1. The molecule has 0 saturated carbocycles. The molecule has 0 fully saturated rings. The van der Waals surface area contributed by atoms with Gasteiger partial charge in [0.15, 0.2) is 11.6 Å². The number of nitrogen functional groups attached to an aromatic ring is 1. The summed E-state index contributed by atoms with van der Waals surface area (Å²) in [5, 5.41) is 3.83. The van der Waals surface area contributed by atoms with Gasteiger partial charge in [0.05, 0.1) is 5.56 Å². The number of aryl methyl sites for hydroxylation is 2. The van der Waals surface area contributed by atoms with Crippen LogP contribution in [0.3, 0.4) is 0 Å². The molecule has 1 heterocycles. The minimum Gasteiger partial charge on any atom is -0.380 e. The first kappa shape index (κ1) is 13.4. The van der Waals surface area contributed by atoms with Gasteiger partial charge in [-0.2, -0.15) is 0 Å². The van der Waals surface area contributed by atoms with Crippen molar-refractivity contribution in [3.63, 3.8) is 0 Å². The summed E-state index contributed by atoms with van der Waals surface area (Å²) in [6.07, 6.45) is 0. The number of rotatable bonds is 2. The van der Waals surface area contributed by atoms with E-state index in [9.17, 15) is 4.39 Å². The molecule has 3 rings (SSSR count). The molecule has 0 amide bonds. The van der Waals surface area contributed by atoms with Crippen molar-refractivity contribution in [1.82, 2.24) is 5.16 Å². The van der Waals surface area contributed by atoms with Crippen molar-refractivity contribution in [2.45, 2.75) is 13.8 Å². The highest BCUT2D eigenvalue weighted by atomic mass is 19.1. The van der Waals surface area contributed by atoms with Crippen molar-refractivity contribution in [3.05, 3.63) is 59.4 Å². The monoisotopic (exact) mass is 282 g/mol. The van der Waals surface area contributed by atoms with Gasteiger partial charge in [-0.15, -0.1) is 0 Å². The third kappa shape index (κ3) is 2.40. The Morgan fingerprint density at radius 1 is 1.00 bits per heavy atom. The normalized spacial score (nSPS) is 10.8. The lowest BCUT2D eigenvalue weighted by molar-refractivity contribution is 0.436. The topological polar surface area (TPSA) is 52.0 Å². The van der Waals surface area contributed by atoms with Crippen LogP contribution in [0.2, 0.25) is 0 Å². The zero-order valence-electron chi connectivity index (χ0n) is 11.9. The van der Waals surface area contributed by atoms with Crippen molar-refractivity contribution in [3.8, 4) is 22.5 Å². The molecular weight excluding hydrogens is 267 g/mol. The second-order valence-electron chi connectivity index (χ2n) is 5.08. The van der Waals surface area contributed by atoms with E-state index in [1.165, 1.54) is 17.7 Å². The van der Waals surface area contributed by atoms with Gasteiger partial charge in [-0.3, -0.25) is 0 Å². The van der Waals surface area contributed by atoms with E-state index in [4.69, 9.17) is 10.3 Å². The highest BCUT2D eigenvalue weighted by molar-refractivity contribution is 5.86. The van der Waals surface area contributed by atoms with Crippen LogP contribution >= 0.6 is 0 Å². The zero-order chi connectivity index (χ0) is 15.0. The van der Waals surface area contributed by atoms with E-state index in [0.717, 1.165) is 11.1 Å². The molecule has 0 aliphatic carbocycles. The molecule has 3 nitrogen and oxygen atoms in total. The maximum absolute atomic E-state index is 13.5. The minimum absolute atomic E-state index is 0.258. The van der Waals surface area contributed by atoms with Gasteiger partial charge in [-0.1, -0.05) is 29.4 Å². The Morgan fingerprint density at radius 3 is 2.52 bits per heavy atom. The van der Waals surface area contributed by atoms with Gasteiger partial charge >= 0.3 is 0 Å². The summed E-state index contributed by atoms with van der Waals surface area (Å²) >= 11 is 0. The lowest BCUT2D eigenvalue weighted by Crippen LogP contribution is -1.90. The summed E-state index contributed by atoms with van der Waals surface area (Å²) in [7, 11) is 0. The number of nitrogens with zero attached hydrogens (tertiary/aromatic N) is 1. The van der Waals surface area contributed by atoms with E-state index in [-0.39, 0.29) is 11.6 Å². The van der Waals surface area contributed by atoms with Crippen molar-refractivity contribution in [2.24, 2.45) is 0 Å². The number of anilines is 1. The van der Waals surface area contributed by atoms with Gasteiger partial charge in [0.2, 0.25) is 0 Å². The smallest absolute Gasteiger partial charge is 0.176 e. The molecule has 2 aromatic carbocycles. The largest absolute Gasteiger partial charge is 0.380 e. The van der Waals surface area contributed by atoms with Crippen LogP contribution in [0.4, 0.5) is 10.2 Å². The molecule has 0 aliphatic rings. The van der Waals surface area contributed by atoms with Crippen LogP contribution in [-0.4, -0.2) is 5.16 Å². The Morgan fingerprint density at radius 2 is 1.81 bits per heavy atom. The predicted molar refractivity (Wildman–Crippen MR) is 81.2 cm³/mol. The van der Waals surface area contributed by atoms with Crippen molar-refractivity contribution < 1.29 is 8.91 Å². The number of aromatic nitrogens is 1. The third-order valence-corrected chi connectivity index (χ3v) is 3.60. The van der Waals surface area contributed by atoms with E-state index in [0.29, 0.717) is 16.9 Å². The minimum atomic E-state index is -0.320. The van der Waals surface area contributed by atoms with Crippen molar-refractivity contribution in [2.75, 3.05) is 5.73 Å². The van der Waals surface area contributed by atoms with E-state index in [1.807, 2.05) is 32.0 Å². The van der Waals surface area contributed by atoms with Crippen LogP contribution < -0.4 is 5.73 Å². The maximum Gasteiger partial charge on any atom is 0.176 e. The SMILES string of the molecule is Cc1ccc(-c2onc(N)c2-c2cccc(F)c2)cc1C. The number of benzene rings is 2. The Bertz CT molecular complexity index is 808. The molecule has 3 aromatic rings. The summed E-state index contributed by atoms with van der Waals surface area (Å²) in [6, 6.07) is 12.2. The van der Waals surface area contributed by atoms with Crippen LogP contribution in [-0.2, 0) is 0 Å². The fraction of sp³-hybridized carbons (Fsp3) is 0.118. The van der Waals surface area contributed by atoms with E-state index in [1.54, 1.807) is 12.1 Å². The Kier molecular flexibility index (Phi) is 3.22. The van der Waals surface area contributed by atoms with Gasteiger partial charge in [-0.05, 0) is 48.7 Å². The van der Waals surface area contributed by atoms with Crippen LogP contribution in [0.1, 0.15) is 11.1 Å². The molecule has 0 bridgehead atoms. The summed E-state index contributed by atoms with van der Waals surface area (Å²) in [5.74, 6) is 0.495. The average molecular weight is 282 g/mol. The summed E-state index contributed by atoms with van der Waals surface area (Å²) < 4.78 is 18.8. The molecule has 21 heavy (non-hydrogen) atoms. The van der Waals surface area contributed by atoms with Crippen LogP contribution in [0.15, 0.2) is 47.0 Å². The summed E-state index contributed by atoms with van der Waals surface area (Å²) in [5.41, 5.74) is 10.4. The fourth-order valence-electron chi connectivity index (χ4n) is 2.31. The van der Waals surface area contributed by atoms with Crippen LogP contribution in [0.5, 0.6) is 0 Å². The highest BCUT2D eigenvalue weighted by Gasteiger charge is 2.18. The molecule has 0 unspecified atom stereocenters. The van der Waals surface area contributed by atoms with Crippen molar-refractivity contribution >= 4 is 5.82 Å². The Hall–Kier alpha value is -2.62. The molecule has 106 valence electrons. The lowest BCUT2D eigenvalue weighted by Gasteiger charge is -2.05. The molecule has 0 spiro atoms. The summed E-state index contributed by atoms with van der Waals surface area (Å²) in [4.78, 5) is 0. The average Bonchev–Trinajstić information content (AvgIpc) is 2.84. The Labute approximate surface area is 122 Å².